The SMILES string of the molecule is O=C1[N]c2cccc(Cl)c2O1. The molecule has 1 aromatic rings. The Labute approximate surface area is 67.9 Å². The lowest BCUT2D eigenvalue weighted by atomic mass is 10.3. The lowest BCUT2D eigenvalue weighted by Gasteiger charge is -1.94. The molecule has 4 heteroatoms. The Bertz CT molecular complexity index is 324. The lowest BCUT2D eigenvalue weighted by Crippen LogP contribution is -2.05. The van der Waals surface area contributed by atoms with Gasteiger partial charge in [-0.25, -0.2) is 4.79 Å². The Morgan fingerprint density at radius 2 is 2.27 bits per heavy atom. The van der Waals surface area contributed by atoms with Gasteiger partial charge < -0.3 is 4.74 Å². The van der Waals surface area contributed by atoms with Gasteiger partial charge in [0.25, 0.3) is 0 Å². The predicted molar refractivity (Wildman–Crippen MR) is 39.3 cm³/mol. The minimum Gasteiger partial charge on any atom is -0.405 e. The molecule has 0 saturated carbocycles. The number of hydrogen-bond donors (Lipinski definition) is 0. The van der Waals surface area contributed by atoms with Crippen molar-refractivity contribution in [1.29, 1.82) is 0 Å². The van der Waals surface area contributed by atoms with Crippen molar-refractivity contribution < 1.29 is 9.53 Å². The Morgan fingerprint density at radius 1 is 1.45 bits per heavy atom. The Kier molecular flexibility index (Phi) is 1.26. The second-order valence-electron chi connectivity index (χ2n) is 2.07. The van der Waals surface area contributed by atoms with Gasteiger partial charge in [0.15, 0.2) is 5.75 Å². The normalized spacial score (nSPS) is 13.7. The van der Waals surface area contributed by atoms with Crippen molar-refractivity contribution in [2.45, 2.75) is 0 Å². The van der Waals surface area contributed by atoms with Crippen LogP contribution >= 0.6 is 11.6 Å². The summed E-state index contributed by atoms with van der Waals surface area (Å²) in [5.41, 5.74) is 0.502. The number of amides is 1. The highest BCUT2D eigenvalue weighted by Gasteiger charge is 2.23. The summed E-state index contributed by atoms with van der Waals surface area (Å²) in [5.74, 6) is 0.360. The van der Waals surface area contributed by atoms with Gasteiger partial charge in [-0.2, -0.15) is 5.32 Å². The summed E-state index contributed by atoms with van der Waals surface area (Å²) in [6.45, 7) is 0. The molecule has 1 aromatic carbocycles. The van der Waals surface area contributed by atoms with Crippen LogP contribution in [-0.2, 0) is 0 Å². The van der Waals surface area contributed by atoms with E-state index in [1.54, 1.807) is 18.2 Å². The second-order valence-corrected chi connectivity index (χ2v) is 2.48. The van der Waals surface area contributed by atoms with Crippen molar-refractivity contribution in [2.24, 2.45) is 0 Å². The number of para-hydroxylation sites is 1. The summed E-state index contributed by atoms with van der Waals surface area (Å²) >= 11 is 5.70. The van der Waals surface area contributed by atoms with Crippen LogP contribution in [0, 0.1) is 0 Å². The van der Waals surface area contributed by atoms with Crippen molar-refractivity contribution in [3.05, 3.63) is 23.2 Å². The topological polar surface area (TPSA) is 40.4 Å². The monoisotopic (exact) mass is 168 g/mol. The first-order chi connectivity index (χ1) is 5.27. The molecular formula is C7H3ClNO2. The van der Waals surface area contributed by atoms with E-state index in [-0.39, 0.29) is 0 Å². The molecular weight excluding hydrogens is 166 g/mol. The number of hydrogen-bond acceptors (Lipinski definition) is 2. The number of nitrogens with zero attached hydrogens (tertiary/aromatic N) is 1. The first-order valence-electron chi connectivity index (χ1n) is 2.99. The van der Waals surface area contributed by atoms with E-state index in [4.69, 9.17) is 16.3 Å². The number of carbonyl (C=O) groups is 1. The molecule has 1 radical (unpaired) electrons. The van der Waals surface area contributed by atoms with Crippen molar-refractivity contribution in [3.8, 4) is 5.75 Å². The van der Waals surface area contributed by atoms with Gasteiger partial charge in [0.2, 0.25) is 0 Å². The minimum absolute atomic E-state index is 0.360. The molecule has 0 unspecified atom stereocenters. The summed E-state index contributed by atoms with van der Waals surface area (Å²) in [5, 5.41) is 3.98. The molecule has 2 rings (SSSR count). The molecule has 1 amide bonds. The molecule has 0 fully saturated rings. The third kappa shape index (κ3) is 0.935. The van der Waals surface area contributed by atoms with Gasteiger partial charge in [-0.1, -0.05) is 17.7 Å². The van der Waals surface area contributed by atoms with Gasteiger partial charge in [0.05, 0.1) is 5.02 Å². The van der Waals surface area contributed by atoms with Gasteiger partial charge in [0, 0.05) is 0 Å². The van der Waals surface area contributed by atoms with Gasteiger partial charge in [-0.15, -0.1) is 0 Å². The summed E-state index contributed by atoms with van der Waals surface area (Å²) < 4.78 is 4.70. The van der Waals surface area contributed by atoms with Crippen LogP contribution in [0.1, 0.15) is 0 Å². The average molecular weight is 169 g/mol. The summed E-state index contributed by atoms with van der Waals surface area (Å²) in [6, 6.07) is 5.03. The van der Waals surface area contributed by atoms with E-state index in [1.165, 1.54) is 0 Å². The number of carbonyl (C=O) groups excluding carboxylic acids is 1. The number of halogens is 1. The van der Waals surface area contributed by atoms with Crippen LogP contribution in [0.4, 0.5) is 10.5 Å². The molecule has 0 spiro atoms. The zero-order chi connectivity index (χ0) is 7.84. The molecule has 0 atom stereocenters. The first-order valence-corrected chi connectivity index (χ1v) is 3.37. The molecule has 55 valence electrons. The third-order valence-electron chi connectivity index (χ3n) is 1.35. The Hall–Kier alpha value is -1.22. The maximum atomic E-state index is 10.6. The third-order valence-corrected chi connectivity index (χ3v) is 1.64. The standard InChI is InChI=1S/C7H3ClNO2/c8-4-2-1-3-5-6(4)11-7(10)9-5/h1-3H. The van der Waals surface area contributed by atoms with Gasteiger partial charge in [-0.05, 0) is 12.1 Å². The number of ether oxygens (including phenoxy) is 1. The quantitative estimate of drug-likeness (QED) is 0.595. The molecule has 1 heterocycles. The highest BCUT2D eigenvalue weighted by atomic mass is 35.5. The predicted octanol–water partition coefficient (Wildman–Crippen LogP) is 2.09. The molecule has 0 aliphatic carbocycles. The highest BCUT2D eigenvalue weighted by molar-refractivity contribution is 6.32. The highest BCUT2D eigenvalue weighted by Crippen LogP contribution is 2.36. The molecule has 3 nitrogen and oxygen atoms in total. The van der Waals surface area contributed by atoms with Crippen molar-refractivity contribution in [1.82, 2.24) is 5.32 Å². The molecule has 1 aliphatic heterocycles. The van der Waals surface area contributed by atoms with E-state index in [2.05, 4.69) is 5.32 Å². The summed E-state index contributed by atoms with van der Waals surface area (Å²) in [4.78, 5) is 10.6. The van der Waals surface area contributed by atoms with Gasteiger partial charge >= 0.3 is 6.09 Å². The van der Waals surface area contributed by atoms with Crippen LogP contribution in [0.3, 0.4) is 0 Å². The van der Waals surface area contributed by atoms with Crippen LogP contribution in [-0.4, -0.2) is 6.09 Å². The summed E-state index contributed by atoms with van der Waals surface area (Å²) in [6.07, 6.45) is -0.604. The van der Waals surface area contributed by atoms with E-state index in [9.17, 15) is 4.79 Å². The van der Waals surface area contributed by atoms with Crippen molar-refractivity contribution >= 4 is 23.4 Å². The minimum atomic E-state index is -0.604. The maximum absolute atomic E-state index is 10.6. The maximum Gasteiger partial charge on any atom is 0.439 e. The molecule has 0 bridgehead atoms. The molecule has 1 aliphatic rings. The lowest BCUT2D eigenvalue weighted by molar-refractivity contribution is 0.211. The molecule has 0 saturated heterocycles. The van der Waals surface area contributed by atoms with Crippen LogP contribution < -0.4 is 10.1 Å². The van der Waals surface area contributed by atoms with Crippen LogP contribution in [0.2, 0.25) is 5.02 Å². The first kappa shape index (κ1) is 6.49. The Morgan fingerprint density at radius 3 is 3.00 bits per heavy atom. The Balaban J connectivity index is 2.57. The van der Waals surface area contributed by atoms with E-state index in [0.717, 1.165) is 0 Å². The summed E-state index contributed by atoms with van der Waals surface area (Å²) in [7, 11) is 0. The number of benzene rings is 1. The molecule has 0 N–H and O–H groups in total. The number of fused-ring (bicyclic) bond motifs is 1. The largest absolute Gasteiger partial charge is 0.439 e. The van der Waals surface area contributed by atoms with Crippen LogP contribution in [0.5, 0.6) is 5.75 Å². The smallest absolute Gasteiger partial charge is 0.405 e. The number of rotatable bonds is 0. The van der Waals surface area contributed by atoms with E-state index >= 15 is 0 Å². The fourth-order valence-corrected chi connectivity index (χ4v) is 1.10. The average Bonchev–Trinajstić information content (AvgIpc) is 2.31. The fraction of sp³-hybridized carbons (Fsp3) is 0. The van der Waals surface area contributed by atoms with E-state index in [0.29, 0.717) is 16.5 Å². The van der Waals surface area contributed by atoms with E-state index in [1.807, 2.05) is 0 Å². The zero-order valence-corrected chi connectivity index (χ0v) is 6.13. The van der Waals surface area contributed by atoms with Crippen LogP contribution in [0.25, 0.3) is 0 Å². The van der Waals surface area contributed by atoms with E-state index < -0.39 is 6.09 Å². The molecule has 11 heavy (non-hydrogen) atoms. The zero-order valence-electron chi connectivity index (χ0n) is 5.37. The molecule has 0 aromatic heterocycles. The van der Waals surface area contributed by atoms with Gasteiger partial charge in [-0.3, -0.25) is 0 Å². The van der Waals surface area contributed by atoms with Crippen molar-refractivity contribution in [2.75, 3.05) is 0 Å². The van der Waals surface area contributed by atoms with Crippen molar-refractivity contribution in [3.63, 3.8) is 0 Å². The fourth-order valence-electron chi connectivity index (χ4n) is 0.895. The van der Waals surface area contributed by atoms with Gasteiger partial charge in [0.1, 0.15) is 5.69 Å². The second kappa shape index (κ2) is 2.13. The van der Waals surface area contributed by atoms with Crippen LogP contribution in [0.15, 0.2) is 18.2 Å².